The van der Waals surface area contributed by atoms with Crippen molar-refractivity contribution in [1.29, 1.82) is 0 Å². The van der Waals surface area contributed by atoms with E-state index in [4.69, 9.17) is 0 Å². The van der Waals surface area contributed by atoms with Gasteiger partial charge in [-0.15, -0.1) is 11.3 Å². The highest BCUT2D eigenvalue weighted by molar-refractivity contribution is 7.09. The van der Waals surface area contributed by atoms with Crippen LogP contribution in [0, 0.1) is 6.92 Å². The van der Waals surface area contributed by atoms with Crippen molar-refractivity contribution in [3.05, 3.63) is 45.9 Å². The van der Waals surface area contributed by atoms with Crippen molar-refractivity contribution in [1.82, 2.24) is 15.6 Å². The summed E-state index contributed by atoms with van der Waals surface area (Å²) < 4.78 is 0. The molecule has 1 fully saturated rings. The number of nitrogens with one attached hydrogen (secondary N) is 2. The van der Waals surface area contributed by atoms with Crippen molar-refractivity contribution in [2.75, 3.05) is 11.4 Å². The predicted octanol–water partition coefficient (Wildman–Crippen LogP) is 2.58. The average Bonchev–Trinajstić information content (AvgIpc) is 3.20. The Bertz CT molecular complexity index is 726. The first-order valence-electron chi connectivity index (χ1n) is 7.94. The summed E-state index contributed by atoms with van der Waals surface area (Å²) in [6, 6.07) is 7.50. The second-order valence-corrected chi connectivity index (χ2v) is 6.77. The zero-order valence-electron chi connectivity index (χ0n) is 13.5. The van der Waals surface area contributed by atoms with E-state index in [1.807, 2.05) is 36.6 Å². The Morgan fingerprint density at radius 1 is 1.25 bits per heavy atom. The minimum absolute atomic E-state index is 0.178. The largest absolute Gasteiger partial charge is 0.334 e. The van der Waals surface area contributed by atoms with Crippen LogP contribution in [-0.4, -0.2) is 23.5 Å². The van der Waals surface area contributed by atoms with Gasteiger partial charge >= 0.3 is 6.03 Å². The van der Waals surface area contributed by atoms with Crippen LogP contribution < -0.4 is 15.5 Å². The van der Waals surface area contributed by atoms with Crippen LogP contribution in [0.1, 0.15) is 29.1 Å². The first-order valence-corrected chi connectivity index (χ1v) is 8.82. The molecule has 1 saturated heterocycles. The van der Waals surface area contributed by atoms with Crippen molar-refractivity contribution in [2.45, 2.75) is 32.9 Å². The molecule has 1 aromatic heterocycles. The molecule has 0 saturated carbocycles. The highest BCUT2D eigenvalue weighted by atomic mass is 32.1. The van der Waals surface area contributed by atoms with E-state index >= 15 is 0 Å². The molecule has 0 bridgehead atoms. The third-order valence-corrected chi connectivity index (χ3v) is 4.69. The molecule has 1 aliphatic heterocycles. The topological polar surface area (TPSA) is 74.3 Å². The number of urea groups is 1. The minimum Gasteiger partial charge on any atom is -0.334 e. The lowest BCUT2D eigenvalue weighted by Crippen LogP contribution is -2.34. The number of rotatable bonds is 5. The van der Waals surface area contributed by atoms with Crippen molar-refractivity contribution in [2.24, 2.45) is 0 Å². The van der Waals surface area contributed by atoms with Crippen LogP contribution in [0.4, 0.5) is 10.5 Å². The number of benzene rings is 1. The van der Waals surface area contributed by atoms with Gasteiger partial charge in [-0.3, -0.25) is 4.79 Å². The molecular weight excluding hydrogens is 324 g/mol. The van der Waals surface area contributed by atoms with Gasteiger partial charge in [0.25, 0.3) is 0 Å². The zero-order valence-corrected chi connectivity index (χ0v) is 14.4. The standard InChI is InChI=1S/C17H20N4O2S/c1-12-20-14(11-24-12)10-19-17(23)18-9-13-4-6-15(7-5-13)21-8-2-3-16(21)22/h4-7,11H,2-3,8-10H2,1H3,(H2,18,19,23). The number of carbonyl (C=O) groups excluding carboxylic acids is 2. The van der Waals surface area contributed by atoms with E-state index in [1.165, 1.54) is 0 Å². The maximum atomic E-state index is 11.8. The Kier molecular flexibility index (Phi) is 5.10. The molecule has 7 heteroatoms. The molecule has 3 rings (SSSR count). The fourth-order valence-corrected chi connectivity index (χ4v) is 3.23. The van der Waals surface area contributed by atoms with Crippen LogP contribution in [0.2, 0.25) is 0 Å². The third kappa shape index (κ3) is 4.11. The highest BCUT2D eigenvalue weighted by Gasteiger charge is 2.21. The number of aromatic nitrogens is 1. The number of nitrogens with zero attached hydrogens (tertiary/aromatic N) is 2. The fourth-order valence-electron chi connectivity index (χ4n) is 2.62. The van der Waals surface area contributed by atoms with Gasteiger partial charge in [0.1, 0.15) is 0 Å². The molecule has 0 radical (unpaired) electrons. The number of amides is 3. The van der Waals surface area contributed by atoms with Crippen molar-refractivity contribution >= 4 is 29.0 Å². The van der Waals surface area contributed by atoms with Crippen LogP contribution in [0.3, 0.4) is 0 Å². The summed E-state index contributed by atoms with van der Waals surface area (Å²) in [4.78, 5) is 29.6. The van der Waals surface area contributed by atoms with Gasteiger partial charge in [0.2, 0.25) is 5.91 Å². The van der Waals surface area contributed by atoms with Crippen LogP contribution in [-0.2, 0) is 17.9 Å². The number of thiazole rings is 1. The summed E-state index contributed by atoms with van der Waals surface area (Å²) >= 11 is 1.57. The molecule has 24 heavy (non-hydrogen) atoms. The van der Waals surface area contributed by atoms with Crippen LogP contribution in [0.25, 0.3) is 0 Å². The lowest BCUT2D eigenvalue weighted by Gasteiger charge is -2.16. The molecule has 0 aliphatic carbocycles. The molecule has 2 aromatic rings. The number of hydrogen-bond acceptors (Lipinski definition) is 4. The molecule has 0 spiro atoms. The first-order chi connectivity index (χ1) is 11.6. The highest BCUT2D eigenvalue weighted by Crippen LogP contribution is 2.21. The van der Waals surface area contributed by atoms with Gasteiger partial charge in [-0.05, 0) is 31.0 Å². The van der Waals surface area contributed by atoms with Gasteiger partial charge in [0.15, 0.2) is 0 Å². The number of anilines is 1. The van der Waals surface area contributed by atoms with Crippen molar-refractivity contribution in [3.8, 4) is 0 Å². The molecular formula is C17H20N4O2S. The third-order valence-electron chi connectivity index (χ3n) is 3.87. The maximum Gasteiger partial charge on any atom is 0.315 e. The first kappa shape index (κ1) is 16.4. The Morgan fingerprint density at radius 2 is 2.00 bits per heavy atom. The van der Waals surface area contributed by atoms with Gasteiger partial charge in [-0.1, -0.05) is 12.1 Å². The van der Waals surface area contributed by atoms with E-state index < -0.39 is 0 Å². The lowest BCUT2D eigenvalue weighted by atomic mass is 10.2. The molecule has 6 nitrogen and oxygen atoms in total. The molecule has 2 N–H and O–H groups in total. The van der Waals surface area contributed by atoms with Crippen molar-refractivity contribution in [3.63, 3.8) is 0 Å². The van der Waals surface area contributed by atoms with Gasteiger partial charge in [-0.25, -0.2) is 9.78 Å². The molecule has 1 aromatic carbocycles. The number of aryl methyl sites for hydroxylation is 1. The van der Waals surface area contributed by atoms with Gasteiger partial charge in [0, 0.05) is 30.6 Å². The smallest absolute Gasteiger partial charge is 0.315 e. The van der Waals surface area contributed by atoms with E-state index in [0.717, 1.165) is 34.9 Å². The van der Waals surface area contributed by atoms with Crippen LogP contribution in [0.15, 0.2) is 29.6 Å². The normalized spacial score (nSPS) is 14.0. The Morgan fingerprint density at radius 3 is 2.62 bits per heavy atom. The summed E-state index contributed by atoms with van der Waals surface area (Å²) in [6.07, 6.45) is 1.54. The predicted molar refractivity (Wildman–Crippen MR) is 94.0 cm³/mol. The monoisotopic (exact) mass is 344 g/mol. The minimum atomic E-state index is -0.223. The van der Waals surface area contributed by atoms with Gasteiger partial charge in [-0.2, -0.15) is 0 Å². The van der Waals surface area contributed by atoms with Gasteiger partial charge < -0.3 is 15.5 Å². The lowest BCUT2D eigenvalue weighted by molar-refractivity contribution is -0.117. The molecule has 2 heterocycles. The summed E-state index contributed by atoms with van der Waals surface area (Å²) in [7, 11) is 0. The SMILES string of the molecule is Cc1nc(CNC(=O)NCc2ccc(N3CCCC3=O)cc2)cs1. The molecule has 0 atom stereocenters. The molecule has 0 unspecified atom stereocenters. The fraction of sp³-hybridized carbons (Fsp3) is 0.353. The molecule has 126 valence electrons. The maximum absolute atomic E-state index is 11.8. The Hall–Kier alpha value is -2.41. The average molecular weight is 344 g/mol. The second-order valence-electron chi connectivity index (χ2n) is 5.71. The summed E-state index contributed by atoms with van der Waals surface area (Å²) in [5, 5.41) is 8.53. The number of hydrogen-bond donors (Lipinski definition) is 2. The van der Waals surface area contributed by atoms with Gasteiger partial charge in [0.05, 0.1) is 17.2 Å². The van der Waals surface area contributed by atoms with E-state index in [2.05, 4.69) is 15.6 Å². The molecule has 3 amide bonds. The van der Waals surface area contributed by atoms with E-state index in [1.54, 1.807) is 16.2 Å². The quantitative estimate of drug-likeness (QED) is 0.875. The van der Waals surface area contributed by atoms with Crippen molar-refractivity contribution < 1.29 is 9.59 Å². The second kappa shape index (κ2) is 7.44. The van der Waals surface area contributed by atoms with E-state index in [9.17, 15) is 9.59 Å². The Balaban J connectivity index is 1.46. The summed E-state index contributed by atoms with van der Waals surface area (Å²) in [6.45, 7) is 3.59. The Labute approximate surface area is 144 Å². The van der Waals surface area contributed by atoms with E-state index in [-0.39, 0.29) is 11.9 Å². The number of carbonyl (C=O) groups is 2. The van der Waals surface area contributed by atoms with E-state index in [0.29, 0.717) is 19.5 Å². The summed E-state index contributed by atoms with van der Waals surface area (Å²) in [5.74, 6) is 0.178. The molecule has 1 aliphatic rings. The zero-order chi connectivity index (χ0) is 16.9. The van der Waals surface area contributed by atoms with Crippen LogP contribution >= 0.6 is 11.3 Å². The van der Waals surface area contributed by atoms with Crippen LogP contribution in [0.5, 0.6) is 0 Å². The summed E-state index contributed by atoms with van der Waals surface area (Å²) in [5.41, 5.74) is 2.78.